The number of aromatic nitrogens is 2. The molecule has 30 heavy (non-hydrogen) atoms. The van der Waals surface area contributed by atoms with Crippen molar-refractivity contribution in [3.8, 4) is 0 Å². The molecule has 1 fully saturated rings. The van der Waals surface area contributed by atoms with Crippen molar-refractivity contribution in [3.63, 3.8) is 0 Å². The van der Waals surface area contributed by atoms with E-state index < -0.39 is 0 Å². The SMILES string of the molecule is CCOC(=O)[C@@H]1CCCN(C(=NC)NCc2nccn2CCCc2ccccc2)C1. The molecule has 162 valence electrons. The number of aryl methyl sites for hydroxylation is 2. The number of piperidine rings is 1. The maximum absolute atomic E-state index is 12.1. The lowest BCUT2D eigenvalue weighted by molar-refractivity contribution is -0.149. The fourth-order valence-electron chi connectivity index (χ4n) is 3.92. The van der Waals surface area contributed by atoms with Gasteiger partial charge in [0.15, 0.2) is 5.96 Å². The number of guanidine groups is 1. The zero-order valence-corrected chi connectivity index (χ0v) is 18.1. The first kappa shape index (κ1) is 21.9. The highest BCUT2D eigenvalue weighted by Crippen LogP contribution is 2.18. The van der Waals surface area contributed by atoms with Gasteiger partial charge in [-0.15, -0.1) is 0 Å². The number of carbonyl (C=O) groups is 1. The zero-order valence-electron chi connectivity index (χ0n) is 18.1. The quantitative estimate of drug-likeness (QED) is 0.411. The molecule has 0 radical (unpaired) electrons. The van der Waals surface area contributed by atoms with Gasteiger partial charge in [0.1, 0.15) is 5.82 Å². The Morgan fingerprint density at radius 3 is 2.93 bits per heavy atom. The number of carbonyl (C=O) groups excluding carboxylic acids is 1. The summed E-state index contributed by atoms with van der Waals surface area (Å²) < 4.78 is 7.40. The average Bonchev–Trinajstić information content (AvgIpc) is 3.23. The highest BCUT2D eigenvalue weighted by atomic mass is 16.5. The topological polar surface area (TPSA) is 71.8 Å². The number of hydrogen-bond acceptors (Lipinski definition) is 4. The summed E-state index contributed by atoms with van der Waals surface area (Å²) in [5.41, 5.74) is 1.36. The number of nitrogens with one attached hydrogen (secondary N) is 1. The molecule has 1 atom stereocenters. The van der Waals surface area contributed by atoms with Crippen LogP contribution in [-0.2, 0) is 29.0 Å². The van der Waals surface area contributed by atoms with Crippen LogP contribution in [0.1, 0.15) is 37.6 Å². The van der Waals surface area contributed by atoms with E-state index in [0.717, 1.165) is 50.6 Å². The lowest BCUT2D eigenvalue weighted by atomic mass is 9.98. The van der Waals surface area contributed by atoms with Crippen molar-refractivity contribution in [1.82, 2.24) is 19.8 Å². The number of benzene rings is 1. The molecule has 1 N–H and O–H groups in total. The third-order valence-electron chi connectivity index (χ3n) is 5.47. The predicted molar refractivity (Wildman–Crippen MR) is 118 cm³/mol. The molecule has 1 aromatic carbocycles. The van der Waals surface area contributed by atoms with Crippen molar-refractivity contribution in [3.05, 3.63) is 54.1 Å². The van der Waals surface area contributed by atoms with Crippen LogP contribution in [0.2, 0.25) is 0 Å². The lowest BCUT2D eigenvalue weighted by Crippen LogP contribution is -2.48. The Balaban J connectivity index is 1.50. The van der Waals surface area contributed by atoms with E-state index in [-0.39, 0.29) is 11.9 Å². The van der Waals surface area contributed by atoms with Gasteiger partial charge < -0.3 is 19.5 Å². The third kappa shape index (κ3) is 6.08. The second kappa shape index (κ2) is 11.4. The van der Waals surface area contributed by atoms with Gasteiger partial charge in [-0.2, -0.15) is 0 Å². The number of hydrogen-bond donors (Lipinski definition) is 1. The van der Waals surface area contributed by atoms with Gasteiger partial charge in [0.05, 0.1) is 19.1 Å². The number of aliphatic imine (C=N–C) groups is 1. The number of rotatable bonds is 8. The lowest BCUT2D eigenvalue weighted by Gasteiger charge is -2.33. The zero-order chi connectivity index (χ0) is 21.2. The van der Waals surface area contributed by atoms with Gasteiger partial charge in [-0.05, 0) is 38.2 Å². The molecule has 2 heterocycles. The van der Waals surface area contributed by atoms with Crippen LogP contribution >= 0.6 is 0 Å². The second-order valence-electron chi connectivity index (χ2n) is 7.56. The molecule has 0 bridgehead atoms. The molecule has 2 aromatic rings. The molecule has 0 amide bonds. The first-order chi connectivity index (χ1) is 14.7. The first-order valence-corrected chi connectivity index (χ1v) is 10.9. The van der Waals surface area contributed by atoms with Gasteiger partial charge in [-0.1, -0.05) is 30.3 Å². The first-order valence-electron chi connectivity index (χ1n) is 10.9. The molecular weight excluding hydrogens is 378 g/mol. The average molecular weight is 412 g/mol. The Morgan fingerprint density at radius 1 is 1.33 bits per heavy atom. The minimum absolute atomic E-state index is 0.0859. The standard InChI is InChI=1S/C23H33N5O2/c1-3-30-22(29)20-12-8-15-28(18-20)23(24-2)26-17-21-25-13-16-27(21)14-7-11-19-9-5-4-6-10-19/h4-6,9-10,13,16,20H,3,7-8,11-12,14-15,17-18H2,1-2H3,(H,24,26)/t20-/m1/s1. The smallest absolute Gasteiger partial charge is 0.310 e. The number of esters is 1. The molecular formula is C23H33N5O2. The maximum Gasteiger partial charge on any atom is 0.310 e. The summed E-state index contributed by atoms with van der Waals surface area (Å²) in [5, 5.41) is 3.42. The normalized spacial score (nSPS) is 17.1. The Labute approximate surface area is 179 Å². The van der Waals surface area contributed by atoms with E-state index in [2.05, 4.69) is 49.0 Å². The van der Waals surface area contributed by atoms with Crippen LogP contribution in [0.25, 0.3) is 0 Å². The summed E-state index contributed by atoms with van der Waals surface area (Å²) in [7, 11) is 1.78. The van der Waals surface area contributed by atoms with Crippen molar-refractivity contribution in [1.29, 1.82) is 0 Å². The van der Waals surface area contributed by atoms with Gasteiger partial charge in [0.2, 0.25) is 0 Å². The minimum atomic E-state index is -0.105. The van der Waals surface area contributed by atoms with Gasteiger partial charge in [0.25, 0.3) is 0 Å². The maximum atomic E-state index is 12.1. The fraction of sp³-hybridized carbons (Fsp3) is 0.522. The van der Waals surface area contributed by atoms with E-state index >= 15 is 0 Å². The molecule has 1 aliphatic heterocycles. The summed E-state index contributed by atoms with van der Waals surface area (Å²) in [4.78, 5) is 23.2. The highest BCUT2D eigenvalue weighted by molar-refractivity contribution is 5.81. The molecule has 3 rings (SSSR count). The molecule has 1 aliphatic rings. The van der Waals surface area contributed by atoms with E-state index in [1.807, 2.05) is 25.4 Å². The highest BCUT2D eigenvalue weighted by Gasteiger charge is 2.28. The Morgan fingerprint density at radius 2 is 2.17 bits per heavy atom. The molecule has 7 heteroatoms. The van der Waals surface area contributed by atoms with Crippen LogP contribution < -0.4 is 5.32 Å². The summed E-state index contributed by atoms with van der Waals surface area (Å²) in [6.07, 6.45) is 7.82. The van der Waals surface area contributed by atoms with Crippen molar-refractivity contribution < 1.29 is 9.53 Å². The number of imidazole rings is 1. The molecule has 0 saturated carbocycles. The van der Waals surface area contributed by atoms with Gasteiger partial charge in [0, 0.05) is 39.1 Å². The van der Waals surface area contributed by atoms with Crippen LogP contribution in [0.5, 0.6) is 0 Å². The number of ether oxygens (including phenoxy) is 1. The third-order valence-corrected chi connectivity index (χ3v) is 5.47. The van der Waals surface area contributed by atoms with Crippen molar-refractivity contribution in [2.24, 2.45) is 10.9 Å². The number of nitrogens with zero attached hydrogens (tertiary/aromatic N) is 4. The predicted octanol–water partition coefficient (Wildman–Crippen LogP) is 2.87. The van der Waals surface area contributed by atoms with Crippen molar-refractivity contribution >= 4 is 11.9 Å². The Kier molecular flexibility index (Phi) is 8.30. The van der Waals surface area contributed by atoms with Crippen molar-refractivity contribution in [2.75, 3.05) is 26.7 Å². The van der Waals surface area contributed by atoms with E-state index in [9.17, 15) is 4.79 Å². The van der Waals surface area contributed by atoms with Crippen LogP contribution in [0, 0.1) is 5.92 Å². The molecule has 1 aromatic heterocycles. The summed E-state index contributed by atoms with van der Waals surface area (Å²) in [6.45, 7) is 5.34. The fourth-order valence-corrected chi connectivity index (χ4v) is 3.92. The second-order valence-corrected chi connectivity index (χ2v) is 7.56. The summed E-state index contributed by atoms with van der Waals surface area (Å²) in [5.74, 6) is 1.61. The van der Waals surface area contributed by atoms with Crippen LogP contribution in [-0.4, -0.2) is 53.1 Å². The van der Waals surface area contributed by atoms with Gasteiger partial charge in [-0.3, -0.25) is 9.79 Å². The Bertz CT molecular complexity index is 818. The largest absolute Gasteiger partial charge is 0.466 e. The van der Waals surface area contributed by atoms with E-state index in [1.54, 1.807) is 7.05 Å². The van der Waals surface area contributed by atoms with Gasteiger partial charge >= 0.3 is 5.97 Å². The van der Waals surface area contributed by atoms with E-state index in [4.69, 9.17) is 4.74 Å². The van der Waals surface area contributed by atoms with Crippen LogP contribution in [0.4, 0.5) is 0 Å². The molecule has 0 spiro atoms. The van der Waals surface area contributed by atoms with Crippen molar-refractivity contribution in [2.45, 2.75) is 45.7 Å². The molecule has 7 nitrogen and oxygen atoms in total. The van der Waals surface area contributed by atoms with Crippen LogP contribution in [0.15, 0.2) is 47.7 Å². The van der Waals surface area contributed by atoms with Crippen LogP contribution in [0.3, 0.4) is 0 Å². The molecule has 0 unspecified atom stereocenters. The van der Waals surface area contributed by atoms with Gasteiger partial charge in [-0.25, -0.2) is 4.98 Å². The molecule has 1 saturated heterocycles. The Hall–Kier alpha value is -2.83. The minimum Gasteiger partial charge on any atom is -0.466 e. The monoisotopic (exact) mass is 411 g/mol. The molecule has 0 aliphatic carbocycles. The summed E-state index contributed by atoms with van der Waals surface area (Å²) >= 11 is 0. The summed E-state index contributed by atoms with van der Waals surface area (Å²) in [6, 6.07) is 10.6. The van der Waals surface area contributed by atoms with E-state index in [0.29, 0.717) is 19.7 Å². The number of likely N-dealkylation sites (tertiary alicyclic amines) is 1. The van der Waals surface area contributed by atoms with E-state index in [1.165, 1.54) is 5.56 Å².